The molecule has 0 saturated heterocycles. The van der Waals surface area contributed by atoms with Crippen molar-refractivity contribution in [2.45, 2.75) is 38.9 Å². The SMILES string of the molecule is Cc1oc(C(=O)NN)cc1CN(Cc1ccco1)C1CC1. The van der Waals surface area contributed by atoms with Crippen LogP contribution in [0.5, 0.6) is 0 Å². The highest BCUT2D eigenvalue weighted by molar-refractivity contribution is 5.91. The zero-order chi connectivity index (χ0) is 14.8. The van der Waals surface area contributed by atoms with E-state index in [1.54, 1.807) is 12.3 Å². The van der Waals surface area contributed by atoms with Crippen LogP contribution >= 0.6 is 0 Å². The summed E-state index contributed by atoms with van der Waals surface area (Å²) in [5.41, 5.74) is 3.09. The molecule has 0 aromatic carbocycles. The molecule has 0 spiro atoms. The van der Waals surface area contributed by atoms with E-state index in [1.165, 1.54) is 12.8 Å². The zero-order valence-corrected chi connectivity index (χ0v) is 12.0. The fraction of sp³-hybridized carbons (Fsp3) is 0.400. The highest BCUT2D eigenvalue weighted by Crippen LogP contribution is 2.31. The number of nitrogen functional groups attached to an aromatic ring is 1. The van der Waals surface area contributed by atoms with Gasteiger partial charge in [0.2, 0.25) is 0 Å². The second-order valence-corrected chi connectivity index (χ2v) is 5.38. The molecule has 0 atom stereocenters. The number of rotatable bonds is 6. The van der Waals surface area contributed by atoms with Gasteiger partial charge < -0.3 is 8.83 Å². The molecule has 2 aromatic heterocycles. The van der Waals surface area contributed by atoms with Crippen LogP contribution in [-0.2, 0) is 13.1 Å². The second kappa shape index (κ2) is 5.75. The van der Waals surface area contributed by atoms with Gasteiger partial charge in [-0.1, -0.05) is 0 Å². The molecule has 0 aliphatic heterocycles. The summed E-state index contributed by atoms with van der Waals surface area (Å²) in [6.45, 7) is 3.36. The smallest absolute Gasteiger partial charge is 0.300 e. The molecule has 6 nitrogen and oxygen atoms in total. The third kappa shape index (κ3) is 3.17. The molecular formula is C15H19N3O3. The van der Waals surface area contributed by atoms with Crippen molar-refractivity contribution in [2.75, 3.05) is 0 Å². The Kier molecular flexibility index (Phi) is 3.81. The molecule has 3 rings (SSSR count). The lowest BCUT2D eigenvalue weighted by Gasteiger charge is -2.20. The first-order valence-corrected chi connectivity index (χ1v) is 7.04. The van der Waals surface area contributed by atoms with Gasteiger partial charge in [0, 0.05) is 18.2 Å². The Balaban J connectivity index is 1.73. The normalized spacial score (nSPS) is 14.6. The fourth-order valence-corrected chi connectivity index (χ4v) is 2.44. The van der Waals surface area contributed by atoms with Gasteiger partial charge in [-0.2, -0.15) is 0 Å². The largest absolute Gasteiger partial charge is 0.468 e. The Bertz CT molecular complexity index is 614. The van der Waals surface area contributed by atoms with E-state index in [2.05, 4.69) is 10.3 Å². The average molecular weight is 289 g/mol. The first-order chi connectivity index (χ1) is 10.2. The quantitative estimate of drug-likeness (QED) is 0.482. The molecule has 1 amide bonds. The maximum absolute atomic E-state index is 11.5. The van der Waals surface area contributed by atoms with Crippen molar-refractivity contribution >= 4 is 5.91 Å². The van der Waals surface area contributed by atoms with Crippen molar-refractivity contribution in [2.24, 2.45) is 5.84 Å². The van der Waals surface area contributed by atoms with Gasteiger partial charge >= 0.3 is 5.91 Å². The van der Waals surface area contributed by atoms with Crippen molar-refractivity contribution in [3.8, 4) is 0 Å². The van der Waals surface area contributed by atoms with Crippen LogP contribution in [-0.4, -0.2) is 16.8 Å². The minimum atomic E-state index is -0.409. The lowest BCUT2D eigenvalue weighted by Crippen LogP contribution is -2.29. The number of carbonyl (C=O) groups is 1. The van der Waals surface area contributed by atoms with Gasteiger partial charge in [0.25, 0.3) is 0 Å². The number of furan rings is 2. The summed E-state index contributed by atoms with van der Waals surface area (Å²) in [6, 6.07) is 6.21. The Morgan fingerprint density at radius 1 is 1.48 bits per heavy atom. The highest BCUT2D eigenvalue weighted by Gasteiger charge is 2.30. The molecule has 0 unspecified atom stereocenters. The number of hydrogen-bond donors (Lipinski definition) is 2. The lowest BCUT2D eigenvalue weighted by atomic mass is 10.2. The molecule has 2 aromatic rings. The topological polar surface area (TPSA) is 84.6 Å². The molecule has 1 fully saturated rings. The summed E-state index contributed by atoms with van der Waals surface area (Å²) < 4.78 is 10.9. The maximum Gasteiger partial charge on any atom is 0.300 e. The number of aryl methyl sites for hydroxylation is 1. The van der Waals surface area contributed by atoms with Crippen LogP contribution in [0.25, 0.3) is 0 Å². The van der Waals surface area contributed by atoms with Crippen molar-refractivity contribution in [3.05, 3.63) is 47.3 Å². The second-order valence-electron chi connectivity index (χ2n) is 5.38. The Morgan fingerprint density at radius 2 is 2.29 bits per heavy atom. The standard InChI is InChI=1S/C15H19N3O3/c1-10-11(7-14(21-10)15(19)17-16)8-18(12-4-5-12)9-13-3-2-6-20-13/h2-3,6-7,12H,4-5,8-9,16H2,1H3,(H,17,19). The van der Waals surface area contributed by atoms with E-state index >= 15 is 0 Å². The van der Waals surface area contributed by atoms with Gasteiger partial charge in [-0.05, 0) is 38.0 Å². The number of nitrogens with one attached hydrogen (secondary N) is 1. The molecule has 2 heterocycles. The van der Waals surface area contributed by atoms with Crippen LogP contribution < -0.4 is 11.3 Å². The molecule has 0 bridgehead atoms. The summed E-state index contributed by atoms with van der Waals surface area (Å²) in [4.78, 5) is 13.9. The first-order valence-electron chi connectivity index (χ1n) is 7.04. The van der Waals surface area contributed by atoms with Crippen molar-refractivity contribution < 1.29 is 13.6 Å². The summed E-state index contributed by atoms with van der Waals surface area (Å²) in [6.07, 6.45) is 4.09. The first kappa shape index (κ1) is 13.9. The Hall–Kier alpha value is -2.05. The van der Waals surface area contributed by atoms with E-state index in [1.807, 2.05) is 19.1 Å². The van der Waals surface area contributed by atoms with E-state index in [-0.39, 0.29) is 5.76 Å². The van der Waals surface area contributed by atoms with E-state index in [4.69, 9.17) is 14.7 Å². The van der Waals surface area contributed by atoms with E-state index < -0.39 is 5.91 Å². The third-order valence-electron chi connectivity index (χ3n) is 3.75. The number of hydrazine groups is 1. The van der Waals surface area contributed by atoms with Crippen molar-refractivity contribution in [3.63, 3.8) is 0 Å². The molecule has 3 N–H and O–H groups in total. The molecule has 1 aliphatic rings. The number of nitrogens with two attached hydrogens (primary N) is 1. The maximum atomic E-state index is 11.5. The van der Waals surface area contributed by atoms with Crippen LogP contribution in [0.2, 0.25) is 0 Å². The van der Waals surface area contributed by atoms with Crippen LogP contribution in [0.15, 0.2) is 33.3 Å². The number of amides is 1. The molecule has 112 valence electrons. The lowest BCUT2D eigenvalue weighted by molar-refractivity contribution is 0.0924. The molecular weight excluding hydrogens is 270 g/mol. The van der Waals surface area contributed by atoms with Gasteiger partial charge in [0.1, 0.15) is 11.5 Å². The number of carbonyl (C=O) groups excluding carboxylic acids is 1. The zero-order valence-electron chi connectivity index (χ0n) is 12.0. The molecule has 21 heavy (non-hydrogen) atoms. The number of nitrogens with zero attached hydrogens (tertiary/aromatic N) is 1. The van der Waals surface area contributed by atoms with Gasteiger partial charge in [-0.25, -0.2) is 5.84 Å². The summed E-state index contributed by atoms with van der Waals surface area (Å²) >= 11 is 0. The van der Waals surface area contributed by atoms with E-state index in [0.29, 0.717) is 6.04 Å². The highest BCUT2D eigenvalue weighted by atomic mass is 16.4. The summed E-state index contributed by atoms with van der Waals surface area (Å²) in [5.74, 6) is 6.67. The van der Waals surface area contributed by atoms with Gasteiger partial charge in [0.15, 0.2) is 5.76 Å². The van der Waals surface area contributed by atoms with Crippen LogP contribution in [0.1, 0.15) is 40.5 Å². The number of hydrogen-bond acceptors (Lipinski definition) is 5. The van der Waals surface area contributed by atoms with Crippen molar-refractivity contribution in [1.29, 1.82) is 0 Å². The Morgan fingerprint density at radius 3 is 2.90 bits per heavy atom. The average Bonchev–Trinajstić information content (AvgIpc) is 3.09. The molecule has 1 aliphatic carbocycles. The third-order valence-corrected chi connectivity index (χ3v) is 3.75. The van der Waals surface area contributed by atoms with Crippen molar-refractivity contribution in [1.82, 2.24) is 10.3 Å². The molecule has 1 saturated carbocycles. The van der Waals surface area contributed by atoms with Crippen LogP contribution in [0, 0.1) is 6.92 Å². The minimum absolute atomic E-state index is 0.249. The predicted molar refractivity (Wildman–Crippen MR) is 76.1 cm³/mol. The van der Waals surface area contributed by atoms with E-state index in [0.717, 1.165) is 30.2 Å². The fourth-order valence-electron chi connectivity index (χ4n) is 2.44. The van der Waals surface area contributed by atoms with Gasteiger partial charge in [-0.15, -0.1) is 0 Å². The summed E-state index contributed by atoms with van der Waals surface area (Å²) in [7, 11) is 0. The monoisotopic (exact) mass is 289 g/mol. The summed E-state index contributed by atoms with van der Waals surface area (Å²) in [5, 5.41) is 0. The Labute approximate surface area is 122 Å². The molecule has 0 radical (unpaired) electrons. The van der Waals surface area contributed by atoms with E-state index in [9.17, 15) is 4.79 Å². The van der Waals surface area contributed by atoms with Crippen LogP contribution in [0.4, 0.5) is 0 Å². The molecule has 6 heteroatoms. The van der Waals surface area contributed by atoms with Crippen LogP contribution in [0.3, 0.4) is 0 Å². The van der Waals surface area contributed by atoms with Gasteiger partial charge in [0.05, 0.1) is 12.8 Å². The van der Waals surface area contributed by atoms with Gasteiger partial charge in [-0.3, -0.25) is 15.1 Å². The minimum Gasteiger partial charge on any atom is -0.468 e. The predicted octanol–water partition coefficient (Wildman–Crippen LogP) is 1.95.